The average molecular weight is 347 g/mol. The van der Waals surface area contributed by atoms with Gasteiger partial charge in [0.15, 0.2) is 0 Å². The molecule has 6 nitrogen and oxygen atoms in total. The van der Waals surface area contributed by atoms with Gasteiger partial charge in [0.05, 0.1) is 31.0 Å². The van der Waals surface area contributed by atoms with E-state index in [9.17, 15) is 15.3 Å². The maximum Gasteiger partial charge on any atom is 0.0989 e. The summed E-state index contributed by atoms with van der Waals surface area (Å²) in [6, 6.07) is -0.518. The van der Waals surface area contributed by atoms with Gasteiger partial charge in [-0.25, -0.2) is 0 Å². The first-order valence-corrected chi connectivity index (χ1v) is 9.62. The van der Waals surface area contributed by atoms with Gasteiger partial charge in [-0.3, -0.25) is 0 Å². The molecule has 5 atom stereocenters. The summed E-state index contributed by atoms with van der Waals surface area (Å²) in [5.41, 5.74) is 0. The predicted molar refractivity (Wildman–Crippen MR) is 93.7 cm³/mol. The summed E-state index contributed by atoms with van der Waals surface area (Å²) in [6.45, 7) is 0.00745. The second-order valence-electron chi connectivity index (χ2n) is 7.12. The van der Waals surface area contributed by atoms with Gasteiger partial charge in [-0.15, -0.1) is 0 Å². The summed E-state index contributed by atoms with van der Waals surface area (Å²) in [4.78, 5) is 0. The van der Waals surface area contributed by atoms with E-state index in [0.717, 1.165) is 38.5 Å². The van der Waals surface area contributed by atoms with Gasteiger partial charge in [-0.05, 0) is 25.7 Å². The lowest BCUT2D eigenvalue weighted by atomic mass is 10.0. The van der Waals surface area contributed by atoms with Crippen LogP contribution in [0.2, 0.25) is 0 Å². The van der Waals surface area contributed by atoms with Gasteiger partial charge in [-0.1, -0.05) is 44.9 Å². The number of aliphatic hydroxyl groups is 5. The first kappa shape index (κ1) is 21.8. The zero-order chi connectivity index (χ0) is 17.8. The highest BCUT2D eigenvalue weighted by Gasteiger charge is 2.39. The van der Waals surface area contributed by atoms with E-state index in [-0.39, 0.29) is 25.4 Å². The topological polar surface area (TPSA) is 113 Å². The Bertz CT molecular complexity index is 305. The molecule has 0 radical (unpaired) electrons. The second-order valence-corrected chi connectivity index (χ2v) is 7.12. The van der Waals surface area contributed by atoms with E-state index < -0.39 is 18.2 Å². The fourth-order valence-corrected chi connectivity index (χ4v) is 3.46. The third-order valence-electron chi connectivity index (χ3n) is 5.05. The number of unbranched alkanes of at least 4 members (excludes halogenated alkanes) is 6. The molecule has 24 heavy (non-hydrogen) atoms. The highest BCUT2D eigenvalue weighted by molar-refractivity contribution is 4.97. The Hall–Kier alpha value is -0.240. The van der Waals surface area contributed by atoms with Crippen molar-refractivity contribution in [2.45, 2.75) is 101 Å². The third-order valence-corrected chi connectivity index (χ3v) is 5.05. The molecule has 1 heterocycles. The summed E-state index contributed by atoms with van der Waals surface area (Å²) in [5.74, 6) is 0. The van der Waals surface area contributed by atoms with Crippen molar-refractivity contribution in [2.24, 2.45) is 0 Å². The quantitative estimate of drug-likeness (QED) is 0.258. The summed E-state index contributed by atoms with van der Waals surface area (Å²) >= 11 is 0. The minimum Gasteiger partial charge on any atom is -0.396 e. The Morgan fingerprint density at radius 2 is 1.25 bits per heavy atom. The molecule has 1 fully saturated rings. The maximum atomic E-state index is 9.90. The smallest absolute Gasteiger partial charge is 0.0989 e. The third kappa shape index (κ3) is 8.23. The molecule has 1 saturated heterocycles. The fraction of sp³-hybridized carbons (Fsp3) is 1.00. The van der Waals surface area contributed by atoms with Crippen LogP contribution >= 0.6 is 0 Å². The van der Waals surface area contributed by atoms with Crippen molar-refractivity contribution in [3.63, 3.8) is 0 Å². The SMILES string of the molecule is OCCC[C@@H](O)CCCCCCCCC[C@H]1N[C@H](CO)[C@@H](O)[C@@H]1O. The van der Waals surface area contributed by atoms with E-state index >= 15 is 0 Å². The zero-order valence-electron chi connectivity index (χ0n) is 14.8. The van der Waals surface area contributed by atoms with Gasteiger partial charge in [-0.2, -0.15) is 0 Å². The molecule has 0 aromatic carbocycles. The van der Waals surface area contributed by atoms with Crippen molar-refractivity contribution in [1.29, 1.82) is 0 Å². The van der Waals surface area contributed by atoms with Crippen molar-refractivity contribution in [3.05, 3.63) is 0 Å². The van der Waals surface area contributed by atoms with Crippen LogP contribution in [-0.4, -0.2) is 69.1 Å². The molecule has 0 aliphatic carbocycles. The summed E-state index contributed by atoms with van der Waals surface area (Å²) in [5, 5.41) is 50.2. The van der Waals surface area contributed by atoms with E-state index in [1.54, 1.807) is 0 Å². The van der Waals surface area contributed by atoms with Gasteiger partial charge in [0.25, 0.3) is 0 Å². The van der Waals surface area contributed by atoms with Crippen LogP contribution in [0.15, 0.2) is 0 Å². The summed E-state index contributed by atoms with van der Waals surface area (Å²) in [7, 11) is 0. The van der Waals surface area contributed by atoms with Gasteiger partial charge in [0, 0.05) is 12.6 Å². The fourth-order valence-electron chi connectivity index (χ4n) is 3.46. The second kappa shape index (κ2) is 13.0. The minimum atomic E-state index is -0.868. The molecular formula is C18H37NO5. The van der Waals surface area contributed by atoms with Crippen LogP contribution in [0.3, 0.4) is 0 Å². The van der Waals surface area contributed by atoms with Crippen LogP contribution in [0.25, 0.3) is 0 Å². The highest BCUT2D eigenvalue weighted by Crippen LogP contribution is 2.20. The van der Waals surface area contributed by atoms with Gasteiger partial charge in [0.2, 0.25) is 0 Å². The molecule has 144 valence electrons. The molecule has 0 aromatic heterocycles. The number of rotatable bonds is 14. The molecule has 0 aromatic rings. The number of hydrogen-bond donors (Lipinski definition) is 6. The van der Waals surface area contributed by atoms with Crippen LogP contribution in [0.1, 0.15) is 70.6 Å². The number of nitrogens with one attached hydrogen (secondary N) is 1. The lowest BCUT2D eigenvalue weighted by molar-refractivity contribution is 0.0186. The van der Waals surface area contributed by atoms with Crippen molar-refractivity contribution in [2.75, 3.05) is 13.2 Å². The van der Waals surface area contributed by atoms with Crippen molar-refractivity contribution >= 4 is 0 Å². The molecule has 0 bridgehead atoms. The maximum absolute atomic E-state index is 9.90. The monoisotopic (exact) mass is 347 g/mol. The van der Waals surface area contributed by atoms with Crippen molar-refractivity contribution in [3.8, 4) is 0 Å². The molecule has 1 aliphatic rings. The predicted octanol–water partition coefficient (Wildman–Crippen LogP) is 0.685. The van der Waals surface area contributed by atoms with E-state index in [1.165, 1.54) is 19.3 Å². The van der Waals surface area contributed by atoms with Crippen LogP contribution < -0.4 is 5.32 Å². The molecular weight excluding hydrogens is 310 g/mol. The summed E-state index contributed by atoms with van der Waals surface area (Å²) < 4.78 is 0. The zero-order valence-corrected chi connectivity index (χ0v) is 14.8. The van der Waals surface area contributed by atoms with E-state index in [2.05, 4.69) is 5.32 Å². The first-order valence-electron chi connectivity index (χ1n) is 9.62. The lowest BCUT2D eigenvalue weighted by Crippen LogP contribution is -2.36. The van der Waals surface area contributed by atoms with Gasteiger partial charge < -0.3 is 30.8 Å². The molecule has 0 saturated carbocycles. The minimum absolute atomic E-state index is 0.113. The van der Waals surface area contributed by atoms with Crippen LogP contribution in [0.4, 0.5) is 0 Å². The highest BCUT2D eigenvalue weighted by atomic mass is 16.3. The molecule has 1 aliphatic heterocycles. The molecule has 6 N–H and O–H groups in total. The standard InChI is InChI=1S/C18H37NO5/c20-12-8-10-14(22)9-6-4-2-1-3-5-7-11-15-17(23)18(24)16(13-21)19-15/h14-24H,1-13H2/t14-,15+,16+,17+,18+/m0/s1. The Morgan fingerprint density at radius 1 is 0.708 bits per heavy atom. The summed E-state index contributed by atoms with van der Waals surface area (Å²) in [6.07, 6.45) is 8.99. The molecule has 0 unspecified atom stereocenters. The normalized spacial score (nSPS) is 28.4. The van der Waals surface area contributed by atoms with E-state index in [1.807, 2.05) is 0 Å². The van der Waals surface area contributed by atoms with Crippen LogP contribution in [0, 0.1) is 0 Å². The molecule has 1 rings (SSSR count). The Balaban J connectivity index is 1.91. The van der Waals surface area contributed by atoms with Gasteiger partial charge >= 0.3 is 0 Å². The van der Waals surface area contributed by atoms with Crippen LogP contribution in [-0.2, 0) is 0 Å². The van der Waals surface area contributed by atoms with E-state index in [4.69, 9.17) is 10.2 Å². The average Bonchev–Trinajstić information content (AvgIpc) is 2.86. The Kier molecular flexibility index (Phi) is 11.8. The van der Waals surface area contributed by atoms with Crippen LogP contribution in [0.5, 0.6) is 0 Å². The molecule has 0 spiro atoms. The number of aliphatic hydroxyl groups excluding tert-OH is 5. The van der Waals surface area contributed by atoms with Crippen molar-refractivity contribution in [1.82, 2.24) is 5.32 Å². The largest absolute Gasteiger partial charge is 0.396 e. The van der Waals surface area contributed by atoms with Gasteiger partial charge in [0.1, 0.15) is 0 Å². The first-order chi connectivity index (χ1) is 11.6. The Morgan fingerprint density at radius 3 is 1.83 bits per heavy atom. The molecule has 6 heteroatoms. The molecule has 0 amide bonds. The number of hydrogen-bond acceptors (Lipinski definition) is 6. The van der Waals surface area contributed by atoms with E-state index in [0.29, 0.717) is 12.8 Å². The lowest BCUT2D eigenvalue weighted by Gasteiger charge is -2.15. The van der Waals surface area contributed by atoms with Crippen molar-refractivity contribution < 1.29 is 25.5 Å². The Labute approximate surface area is 145 Å².